The first-order valence-electron chi connectivity index (χ1n) is 8.73. The summed E-state index contributed by atoms with van der Waals surface area (Å²) in [5, 5.41) is 0. The van der Waals surface area contributed by atoms with Crippen molar-refractivity contribution in [3.63, 3.8) is 0 Å². The van der Waals surface area contributed by atoms with Gasteiger partial charge in [0.25, 0.3) is 0 Å². The van der Waals surface area contributed by atoms with Crippen molar-refractivity contribution in [3.05, 3.63) is 35.9 Å². The van der Waals surface area contributed by atoms with Crippen LogP contribution in [-0.2, 0) is 30.3 Å². The highest BCUT2D eigenvalue weighted by Crippen LogP contribution is 2.28. The fourth-order valence-corrected chi connectivity index (χ4v) is 3.26. The maximum Gasteiger partial charge on any atom is 0.411 e. The van der Waals surface area contributed by atoms with Crippen LogP contribution in [0, 0.1) is 0 Å². The van der Waals surface area contributed by atoms with Crippen LogP contribution in [0.5, 0.6) is 0 Å². The van der Waals surface area contributed by atoms with E-state index in [4.69, 9.17) is 18.9 Å². The number of ether oxygens (including phenoxy) is 4. The first kappa shape index (κ1) is 20.2. The number of likely N-dealkylation sites (tertiary alicyclic amines) is 1. The Balaban J connectivity index is 2.13. The minimum Gasteiger partial charge on any atom is -0.467 e. The zero-order valence-electron chi connectivity index (χ0n) is 15.6. The summed E-state index contributed by atoms with van der Waals surface area (Å²) in [6.07, 6.45) is 1.58. The lowest BCUT2D eigenvalue weighted by molar-refractivity contribution is -0.152. The monoisotopic (exact) mass is 365 g/mol. The van der Waals surface area contributed by atoms with Crippen LogP contribution in [0.4, 0.5) is 4.79 Å². The highest BCUT2D eigenvalue weighted by atomic mass is 16.7. The van der Waals surface area contributed by atoms with Crippen LogP contribution in [0.15, 0.2) is 30.3 Å². The van der Waals surface area contributed by atoms with Gasteiger partial charge in [-0.15, -0.1) is 0 Å². The zero-order valence-corrected chi connectivity index (χ0v) is 15.6. The molecule has 26 heavy (non-hydrogen) atoms. The van der Waals surface area contributed by atoms with Crippen molar-refractivity contribution in [2.75, 3.05) is 21.3 Å². The standard InChI is InChI=1S/C19H27NO6/c1-23-17(24-2)12-15-10-7-11-16(18(21)25-3)20(15)19(22)26-13-14-8-5-4-6-9-14/h4-6,8-9,15-17H,7,10-13H2,1-3H3. The van der Waals surface area contributed by atoms with E-state index >= 15 is 0 Å². The smallest absolute Gasteiger partial charge is 0.411 e. The van der Waals surface area contributed by atoms with Gasteiger partial charge in [-0.25, -0.2) is 9.59 Å². The van der Waals surface area contributed by atoms with Gasteiger partial charge in [-0.1, -0.05) is 30.3 Å². The summed E-state index contributed by atoms with van der Waals surface area (Å²) < 4.78 is 20.9. The van der Waals surface area contributed by atoms with Crippen molar-refractivity contribution < 1.29 is 28.5 Å². The van der Waals surface area contributed by atoms with Gasteiger partial charge in [0.1, 0.15) is 12.6 Å². The predicted octanol–water partition coefficient (Wildman–Crippen LogP) is 2.73. The lowest BCUT2D eigenvalue weighted by Gasteiger charge is -2.40. The molecule has 2 unspecified atom stereocenters. The van der Waals surface area contributed by atoms with Crippen molar-refractivity contribution in [1.29, 1.82) is 0 Å². The molecule has 0 saturated carbocycles. The van der Waals surface area contributed by atoms with Gasteiger partial charge in [0.15, 0.2) is 6.29 Å². The molecule has 1 fully saturated rings. The van der Waals surface area contributed by atoms with Crippen LogP contribution in [0.25, 0.3) is 0 Å². The Morgan fingerprint density at radius 2 is 1.81 bits per heavy atom. The molecule has 7 heteroatoms. The van der Waals surface area contributed by atoms with E-state index in [2.05, 4.69) is 0 Å². The average molecular weight is 365 g/mol. The number of esters is 1. The molecule has 0 spiro atoms. The summed E-state index contributed by atoms with van der Waals surface area (Å²) in [5.74, 6) is -0.433. The molecule has 0 N–H and O–H groups in total. The second-order valence-electron chi connectivity index (χ2n) is 6.21. The highest BCUT2D eigenvalue weighted by molar-refractivity contribution is 5.81. The van der Waals surface area contributed by atoms with Crippen molar-refractivity contribution in [2.45, 2.75) is 50.7 Å². The topological polar surface area (TPSA) is 74.3 Å². The predicted molar refractivity (Wildman–Crippen MR) is 94.3 cm³/mol. The highest BCUT2D eigenvalue weighted by Gasteiger charge is 2.40. The van der Waals surface area contributed by atoms with Crippen molar-refractivity contribution in [3.8, 4) is 0 Å². The Hall–Kier alpha value is -2.12. The Bertz CT molecular complexity index is 575. The summed E-state index contributed by atoms with van der Waals surface area (Å²) in [6.45, 7) is 0.148. The van der Waals surface area contributed by atoms with Gasteiger partial charge in [0, 0.05) is 26.7 Å². The molecule has 1 amide bonds. The number of piperidine rings is 1. The normalized spacial score (nSPS) is 20.1. The van der Waals surface area contributed by atoms with Crippen LogP contribution in [0.2, 0.25) is 0 Å². The van der Waals surface area contributed by atoms with Gasteiger partial charge in [-0.2, -0.15) is 0 Å². The average Bonchev–Trinajstić information content (AvgIpc) is 2.70. The SMILES string of the molecule is COC(=O)C1CCCC(CC(OC)OC)N1C(=O)OCc1ccccc1. The Kier molecular flexibility index (Phi) is 7.87. The minimum atomic E-state index is -0.656. The summed E-state index contributed by atoms with van der Waals surface area (Å²) in [7, 11) is 4.42. The molecule has 1 aliphatic rings. The second-order valence-corrected chi connectivity index (χ2v) is 6.21. The van der Waals surface area contributed by atoms with E-state index in [-0.39, 0.29) is 12.6 Å². The molecular weight excluding hydrogens is 338 g/mol. The number of nitrogens with zero attached hydrogens (tertiary/aromatic N) is 1. The van der Waals surface area contributed by atoms with Crippen molar-refractivity contribution in [1.82, 2.24) is 4.90 Å². The van der Waals surface area contributed by atoms with E-state index in [1.807, 2.05) is 30.3 Å². The zero-order chi connectivity index (χ0) is 18.9. The maximum atomic E-state index is 12.8. The molecule has 1 aliphatic heterocycles. The number of benzene rings is 1. The number of carbonyl (C=O) groups excluding carboxylic acids is 2. The number of methoxy groups -OCH3 is 3. The molecule has 2 rings (SSSR count). The van der Waals surface area contributed by atoms with Crippen LogP contribution >= 0.6 is 0 Å². The largest absolute Gasteiger partial charge is 0.467 e. The summed E-state index contributed by atoms with van der Waals surface area (Å²) in [5.41, 5.74) is 0.885. The Morgan fingerprint density at radius 3 is 2.42 bits per heavy atom. The molecule has 0 bridgehead atoms. The van der Waals surface area contributed by atoms with E-state index < -0.39 is 24.4 Å². The summed E-state index contributed by atoms with van der Waals surface area (Å²) in [6, 6.07) is 8.54. The van der Waals surface area contributed by atoms with Crippen LogP contribution in [-0.4, -0.2) is 56.7 Å². The van der Waals surface area contributed by atoms with Gasteiger partial charge >= 0.3 is 12.1 Å². The number of rotatable bonds is 7. The van der Waals surface area contributed by atoms with E-state index in [0.29, 0.717) is 12.8 Å². The Labute approximate surface area is 154 Å². The van der Waals surface area contributed by atoms with Crippen molar-refractivity contribution >= 4 is 12.1 Å². The van der Waals surface area contributed by atoms with Gasteiger partial charge in [-0.05, 0) is 24.8 Å². The van der Waals surface area contributed by atoms with Gasteiger partial charge in [-0.3, -0.25) is 4.90 Å². The fourth-order valence-electron chi connectivity index (χ4n) is 3.26. The van der Waals surface area contributed by atoms with E-state index in [1.165, 1.54) is 12.0 Å². The quantitative estimate of drug-likeness (QED) is 0.546. The Morgan fingerprint density at radius 1 is 1.12 bits per heavy atom. The number of amides is 1. The fraction of sp³-hybridized carbons (Fsp3) is 0.579. The van der Waals surface area contributed by atoms with Gasteiger partial charge < -0.3 is 18.9 Å². The molecule has 1 aromatic carbocycles. The second kappa shape index (κ2) is 10.1. The molecular formula is C19H27NO6. The lowest BCUT2D eigenvalue weighted by atomic mass is 9.93. The maximum absolute atomic E-state index is 12.8. The van der Waals surface area contributed by atoms with Gasteiger partial charge in [0.2, 0.25) is 0 Å². The first-order chi connectivity index (χ1) is 12.6. The van der Waals surface area contributed by atoms with Gasteiger partial charge in [0.05, 0.1) is 7.11 Å². The molecule has 0 aromatic heterocycles. The third kappa shape index (κ3) is 5.19. The summed E-state index contributed by atoms with van der Waals surface area (Å²) >= 11 is 0. The van der Waals surface area contributed by atoms with E-state index in [1.54, 1.807) is 14.2 Å². The van der Waals surface area contributed by atoms with Crippen molar-refractivity contribution in [2.24, 2.45) is 0 Å². The third-order valence-electron chi connectivity index (χ3n) is 4.62. The van der Waals surface area contributed by atoms with E-state index in [9.17, 15) is 9.59 Å². The lowest BCUT2D eigenvalue weighted by Crippen LogP contribution is -2.54. The van der Waals surface area contributed by atoms with Crippen LogP contribution < -0.4 is 0 Å². The molecule has 1 heterocycles. The summed E-state index contributed by atoms with van der Waals surface area (Å²) in [4.78, 5) is 26.5. The number of carbonyl (C=O) groups is 2. The molecule has 0 aliphatic carbocycles. The van der Waals surface area contributed by atoms with Crippen LogP contribution in [0.1, 0.15) is 31.2 Å². The molecule has 2 atom stereocenters. The number of hydrogen-bond acceptors (Lipinski definition) is 6. The van der Waals surface area contributed by atoms with Crippen LogP contribution in [0.3, 0.4) is 0 Å². The first-order valence-corrected chi connectivity index (χ1v) is 8.73. The third-order valence-corrected chi connectivity index (χ3v) is 4.62. The number of hydrogen-bond donors (Lipinski definition) is 0. The molecule has 144 valence electrons. The molecule has 1 aromatic rings. The molecule has 1 saturated heterocycles. The van der Waals surface area contributed by atoms with E-state index in [0.717, 1.165) is 18.4 Å². The molecule has 0 radical (unpaired) electrons. The molecule has 7 nitrogen and oxygen atoms in total. The minimum absolute atomic E-state index is 0.148.